The Labute approximate surface area is 172 Å². The summed E-state index contributed by atoms with van der Waals surface area (Å²) in [6, 6.07) is 9.43. The molecule has 0 saturated carbocycles. The van der Waals surface area contributed by atoms with Crippen molar-refractivity contribution in [3.63, 3.8) is 0 Å². The molecule has 0 aliphatic carbocycles. The highest BCUT2D eigenvalue weighted by molar-refractivity contribution is 5.80. The van der Waals surface area contributed by atoms with E-state index in [-0.39, 0.29) is 0 Å². The number of aromatic nitrogens is 1. The minimum absolute atomic E-state index is 0.313. The highest BCUT2D eigenvalue weighted by Gasteiger charge is 2.21. The van der Waals surface area contributed by atoms with Crippen molar-refractivity contribution in [3.8, 4) is 5.75 Å². The summed E-state index contributed by atoms with van der Waals surface area (Å²) in [5.41, 5.74) is 1.80. The van der Waals surface area contributed by atoms with E-state index in [1.165, 1.54) is 0 Å². The number of hydrogen-bond donors (Lipinski definition) is 2. The van der Waals surface area contributed by atoms with Gasteiger partial charge in [0.1, 0.15) is 11.5 Å². The molecule has 2 aromatic rings. The maximum Gasteiger partial charge on any atom is 0.194 e. The lowest BCUT2D eigenvalue weighted by Gasteiger charge is -2.36. The van der Waals surface area contributed by atoms with Gasteiger partial charge in [0.05, 0.1) is 25.5 Å². The van der Waals surface area contributed by atoms with Crippen molar-refractivity contribution >= 4 is 5.96 Å². The highest BCUT2D eigenvalue weighted by Crippen LogP contribution is 2.18. The monoisotopic (exact) mass is 401 g/mol. The molecule has 1 atom stereocenters. The molecule has 2 N–H and O–H groups in total. The van der Waals surface area contributed by atoms with Crippen LogP contribution in [0.15, 0.2) is 39.8 Å². The molecule has 1 fully saturated rings. The van der Waals surface area contributed by atoms with E-state index in [0.29, 0.717) is 6.54 Å². The van der Waals surface area contributed by atoms with E-state index >= 15 is 0 Å². The fraction of sp³-hybridized carbons (Fsp3) is 0.524. The highest BCUT2D eigenvalue weighted by atomic mass is 16.5. The van der Waals surface area contributed by atoms with Crippen LogP contribution >= 0.6 is 0 Å². The van der Waals surface area contributed by atoms with Crippen LogP contribution < -0.4 is 10.1 Å². The quantitative estimate of drug-likeness (QED) is 0.540. The number of aliphatic hydroxyl groups is 1. The van der Waals surface area contributed by atoms with E-state index in [2.05, 4.69) is 32.2 Å². The summed E-state index contributed by atoms with van der Waals surface area (Å²) in [6.45, 7) is 9.47. The van der Waals surface area contributed by atoms with Gasteiger partial charge in [-0.1, -0.05) is 17.3 Å². The number of piperazine rings is 1. The van der Waals surface area contributed by atoms with Crippen LogP contribution in [0.4, 0.5) is 0 Å². The van der Waals surface area contributed by atoms with Crippen LogP contribution in [-0.2, 0) is 6.54 Å². The molecule has 29 heavy (non-hydrogen) atoms. The number of methoxy groups -OCH3 is 1. The van der Waals surface area contributed by atoms with Gasteiger partial charge in [0.2, 0.25) is 0 Å². The normalized spacial score (nSPS) is 16.7. The Morgan fingerprint density at radius 3 is 2.59 bits per heavy atom. The third-order valence-electron chi connectivity index (χ3n) is 4.98. The molecule has 0 radical (unpaired) electrons. The second-order valence-electron chi connectivity index (χ2n) is 7.18. The van der Waals surface area contributed by atoms with E-state index in [1.807, 2.05) is 37.3 Å². The van der Waals surface area contributed by atoms with Crippen LogP contribution in [-0.4, -0.2) is 72.4 Å². The molecule has 0 amide bonds. The average molecular weight is 402 g/mol. The first-order valence-corrected chi connectivity index (χ1v) is 10.1. The first kappa shape index (κ1) is 21.1. The fourth-order valence-electron chi connectivity index (χ4n) is 3.37. The van der Waals surface area contributed by atoms with Gasteiger partial charge in [0.25, 0.3) is 0 Å². The number of aliphatic hydroxyl groups excluding tert-OH is 1. The smallest absolute Gasteiger partial charge is 0.194 e. The van der Waals surface area contributed by atoms with E-state index < -0.39 is 6.10 Å². The first-order chi connectivity index (χ1) is 14.1. The molecule has 2 heterocycles. The van der Waals surface area contributed by atoms with Crippen LogP contribution in [0, 0.1) is 6.92 Å². The summed E-state index contributed by atoms with van der Waals surface area (Å²) in [6.07, 6.45) is -0.647. The van der Waals surface area contributed by atoms with E-state index in [1.54, 1.807) is 7.11 Å². The lowest BCUT2D eigenvalue weighted by Crippen LogP contribution is -2.52. The molecule has 0 bridgehead atoms. The predicted molar refractivity (Wildman–Crippen MR) is 112 cm³/mol. The molecule has 8 heteroatoms. The van der Waals surface area contributed by atoms with E-state index in [4.69, 9.17) is 9.26 Å². The molecular formula is C21H31N5O3. The van der Waals surface area contributed by atoms with Gasteiger partial charge in [-0.15, -0.1) is 0 Å². The van der Waals surface area contributed by atoms with Crippen LogP contribution in [0.2, 0.25) is 0 Å². The van der Waals surface area contributed by atoms with Crippen molar-refractivity contribution in [3.05, 3.63) is 47.3 Å². The Kier molecular flexibility index (Phi) is 7.48. The third-order valence-corrected chi connectivity index (χ3v) is 4.98. The summed E-state index contributed by atoms with van der Waals surface area (Å²) in [4.78, 5) is 9.28. The topological polar surface area (TPSA) is 86.4 Å². The second kappa shape index (κ2) is 10.3. The number of hydrogen-bond acceptors (Lipinski definition) is 6. The van der Waals surface area contributed by atoms with Crippen molar-refractivity contribution in [1.29, 1.82) is 0 Å². The molecular weight excluding hydrogens is 370 g/mol. The van der Waals surface area contributed by atoms with Crippen molar-refractivity contribution in [1.82, 2.24) is 20.3 Å². The predicted octanol–water partition coefficient (Wildman–Crippen LogP) is 1.81. The fourth-order valence-corrected chi connectivity index (χ4v) is 3.37. The van der Waals surface area contributed by atoms with Crippen molar-refractivity contribution in [2.75, 3.05) is 46.4 Å². The Bertz CT molecular complexity index is 782. The number of aryl methyl sites for hydroxylation is 1. The van der Waals surface area contributed by atoms with Gasteiger partial charge >= 0.3 is 0 Å². The zero-order valence-electron chi connectivity index (χ0n) is 17.5. The molecule has 8 nitrogen and oxygen atoms in total. The standard InChI is InChI=1S/C21H31N5O3/c1-4-22-21(23-14-20(27)17-5-7-19(28-3)8-6-17)26-11-9-25(10-12-26)15-18-13-16(2)29-24-18/h5-8,13,20,27H,4,9-12,14-15H2,1-3H3,(H,22,23). The number of benzene rings is 1. The molecule has 1 saturated heterocycles. The first-order valence-electron chi connectivity index (χ1n) is 10.1. The van der Waals surface area contributed by atoms with E-state index in [0.717, 1.165) is 68.0 Å². The maximum atomic E-state index is 10.5. The number of guanidine groups is 1. The number of rotatable bonds is 7. The second-order valence-corrected chi connectivity index (χ2v) is 7.18. The largest absolute Gasteiger partial charge is 0.497 e. The van der Waals surface area contributed by atoms with Crippen molar-refractivity contribution < 1.29 is 14.4 Å². The van der Waals surface area contributed by atoms with Crippen LogP contribution in [0.3, 0.4) is 0 Å². The van der Waals surface area contributed by atoms with Crippen molar-refractivity contribution in [2.45, 2.75) is 26.5 Å². The summed E-state index contributed by atoms with van der Waals surface area (Å²) < 4.78 is 10.3. The zero-order valence-corrected chi connectivity index (χ0v) is 17.5. The molecule has 1 aromatic heterocycles. The van der Waals surface area contributed by atoms with Gasteiger partial charge in [-0.3, -0.25) is 9.89 Å². The molecule has 1 aromatic carbocycles. The SMILES string of the molecule is CCNC(=NCC(O)c1ccc(OC)cc1)N1CCN(Cc2cc(C)on2)CC1. The molecule has 1 unspecified atom stereocenters. The molecule has 1 aliphatic heterocycles. The molecule has 158 valence electrons. The molecule has 1 aliphatic rings. The van der Waals surface area contributed by atoms with Gasteiger partial charge in [-0.25, -0.2) is 0 Å². The Balaban J connectivity index is 1.54. The minimum Gasteiger partial charge on any atom is -0.497 e. The lowest BCUT2D eigenvalue weighted by atomic mass is 10.1. The van der Waals surface area contributed by atoms with E-state index in [9.17, 15) is 5.11 Å². The van der Waals surface area contributed by atoms with Gasteiger partial charge < -0.3 is 24.6 Å². The van der Waals surface area contributed by atoms with Gasteiger partial charge in [0, 0.05) is 45.3 Å². The van der Waals surface area contributed by atoms with Crippen molar-refractivity contribution in [2.24, 2.45) is 4.99 Å². The summed E-state index contributed by atoms with van der Waals surface area (Å²) >= 11 is 0. The number of aliphatic imine (C=N–C) groups is 1. The Hall–Kier alpha value is -2.58. The average Bonchev–Trinajstić information content (AvgIpc) is 3.16. The minimum atomic E-state index is -0.647. The van der Waals surface area contributed by atoms with Crippen LogP contribution in [0.1, 0.15) is 30.0 Å². The number of nitrogens with zero attached hydrogens (tertiary/aromatic N) is 4. The van der Waals surface area contributed by atoms with Crippen LogP contribution in [0.5, 0.6) is 5.75 Å². The lowest BCUT2D eigenvalue weighted by molar-refractivity contribution is 0.166. The summed E-state index contributed by atoms with van der Waals surface area (Å²) in [7, 11) is 1.63. The van der Waals surface area contributed by atoms with Crippen LogP contribution in [0.25, 0.3) is 0 Å². The Morgan fingerprint density at radius 2 is 2.00 bits per heavy atom. The van der Waals surface area contributed by atoms with Gasteiger partial charge in [0.15, 0.2) is 5.96 Å². The Morgan fingerprint density at radius 1 is 1.28 bits per heavy atom. The summed E-state index contributed by atoms with van der Waals surface area (Å²) in [5.74, 6) is 2.46. The zero-order chi connectivity index (χ0) is 20.6. The molecule has 0 spiro atoms. The number of nitrogens with one attached hydrogen (secondary N) is 1. The number of ether oxygens (including phenoxy) is 1. The van der Waals surface area contributed by atoms with Gasteiger partial charge in [-0.2, -0.15) is 0 Å². The van der Waals surface area contributed by atoms with Gasteiger partial charge in [-0.05, 0) is 31.5 Å². The maximum absolute atomic E-state index is 10.5. The third kappa shape index (κ3) is 5.95. The molecule has 3 rings (SSSR count). The summed E-state index contributed by atoms with van der Waals surface area (Å²) in [5, 5.41) is 17.9.